The number of carboxylic acid groups (broad SMARTS) is 1. The van der Waals surface area contributed by atoms with E-state index in [1.54, 1.807) is 13.0 Å². The molecule has 4 nitrogen and oxygen atoms in total. The highest BCUT2D eigenvalue weighted by Crippen LogP contribution is 2.22. The summed E-state index contributed by atoms with van der Waals surface area (Å²) in [5.74, 6) is -0.668. The Morgan fingerprint density at radius 3 is 2.67 bits per heavy atom. The first kappa shape index (κ1) is 14.6. The molecule has 0 heterocycles. The zero-order valence-electron chi connectivity index (χ0n) is 9.80. The van der Waals surface area contributed by atoms with Crippen LogP contribution in [-0.4, -0.2) is 23.5 Å². The predicted molar refractivity (Wildman–Crippen MR) is 68.4 cm³/mol. The van der Waals surface area contributed by atoms with Crippen molar-refractivity contribution in [2.45, 2.75) is 19.8 Å². The molecule has 0 bridgehead atoms. The lowest BCUT2D eigenvalue weighted by Crippen LogP contribution is -2.22. The minimum absolute atomic E-state index is 0.181. The summed E-state index contributed by atoms with van der Waals surface area (Å²) in [5.41, 5.74) is 0.963. The maximum Gasteiger partial charge on any atom is 0.404 e. The molecule has 0 radical (unpaired) electrons. The number of aryl methyl sites for hydroxylation is 1. The summed E-state index contributed by atoms with van der Waals surface area (Å²) in [6.07, 6.45) is -0.546. The molecule has 18 heavy (non-hydrogen) atoms. The second-order valence-electron chi connectivity index (χ2n) is 3.85. The molecule has 0 atom stereocenters. The lowest BCUT2D eigenvalue weighted by molar-refractivity contribution is 0.0978. The van der Waals surface area contributed by atoms with Gasteiger partial charge in [-0.1, -0.05) is 0 Å². The van der Waals surface area contributed by atoms with Crippen molar-refractivity contribution in [2.24, 2.45) is 0 Å². The van der Waals surface area contributed by atoms with Gasteiger partial charge < -0.3 is 10.4 Å². The standard InChI is InChI=1S/C12H13BrFNO3/c1-7-5-8(6-9(14)11(7)13)10(16)3-2-4-15-12(17)18/h5-6,15H,2-4H2,1H3,(H,17,18). The van der Waals surface area contributed by atoms with Gasteiger partial charge in [0.15, 0.2) is 5.78 Å². The van der Waals surface area contributed by atoms with Crippen LogP contribution < -0.4 is 5.32 Å². The number of amides is 1. The average molecular weight is 318 g/mol. The molecule has 0 saturated carbocycles. The quantitative estimate of drug-likeness (QED) is 0.647. The van der Waals surface area contributed by atoms with Crippen LogP contribution in [0.25, 0.3) is 0 Å². The molecule has 0 unspecified atom stereocenters. The van der Waals surface area contributed by atoms with Crippen molar-refractivity contribution < 1.29 is 19.1 Å². The zero-order chi connectivity index (χ0) is 13.7. The molecule has 1 aromatic rings. The lowest BCUT2D eigenvalue weighted by atomic mass is 10.0. The van der Waals surface area contributed by atoms with E-state index in [1.807, 2.05) is 0 Å². The van der Waals surface area contributed by atoms with Crippen LogP contribution in [0.1, 0.15) is 28.8 Å². The van der Waals surface area contributed by atoms with Gasteiger partial charge in [-0.15, -0.1) is 0 Å². The maximum absolute atomic E-state index is 13.4. The van der Waals surface area contributed by atoms with Crippen molar-refractivity contribution in [2.75, 3.05) is 6.54 Å². The third kappa shape index (κ3) is 4.10. The molecular formula is C12H13BrFNO3. The smallest absolute Gasteiger partial charge is 0.404 e. The molecule has 1 aromatic carbocycles. The molecule has 0 aliphatic rings. The monoisotopic (exact) mass is 317 g/mol. The number of ketones is 1. The first-order valence-electron chi connectivity index (χ1n) is 5.37. The van der Waals surface area contributed by atoms with Gasteiger partial charge in [0.05, 0.1) is 4.47 Å². The molecule has 6 heteroatoms. The van der Waals surface area contributed by atoms with Crippen LogP contribution in [0.5, 0.6) is 0 Å². The molecule has 0 aliphatic carbocycles. The molecule has 1 amide bonds. The van der Waals surface area contributed by atoms with Gasteiger partial charge in [0.25, 0.3) is 0 Å². The molecular weight excluding hydrogens is 305 g/mol. The van der Waals surface area contributed by atoms with Crippen LogP contribution in [0, 0.1) is 12.7 Å². The minimum Gasteiger partial charge on any atom is -0.465 e. The number of Topliss-reactive ketones (excluding diaryl/α,β-unsaturated/α-hetero) is 1. The highest BCUT2D eigenvalue weighted by molar-refractivity contribution is 9.10. The van der Waals surface area contributed by atoms with Crippen molar-refractivity contribution in [1.29, 1.82) is 0 Å². The van der Waals surface area contributed by atoms with Crippen molar-refractivity contribution in [1.82, 2.24) is 5.32 Å². The number of hydrogen-bond donors (Lipinski definition) is 2. The number of rotatable bonds is 5. The summed E-state index contributed by atoms with van der Waals surface area (Å²) in [6.45, 7) is 1.91. The number of carbonyl (C=O) groups is 2. The van der Waals surface area contributed by atoms with Gasteiger partial charge in [-0.2, -0.15) is 0 Å². The highest BCUT2D eigenvalue weighted by atomic mass is 79.9. The van der Waals surface area contributed by atoms with Crippen LogP contribution in [-0.2, 0) is 0 Å². The van der Waals surface area contributed by atoms with E-state index < -0.39 is 11.9 Å². The second kappa shape index (κ2) is 6.49. The van der Waals surface area contributed by atoms with Crippen LogP contribution >= 0.6 is 15.9 Å². The number of hydrogen-bond acceptors (Lipinski definition) is 2. The SMILES string of the molecule is Cc1cc(C(=O)CCCNC(=O)O)cc(F)c1Br. The van der Waals surface area contributed by atoms with Crippen LogP contribution in [0.15, 0.2) is 16.6 Å². The van der Waals surface area contributed by atoms with Crippen molar-refractivity contribution in [3.63, 3.8) is 0 Å². The first-order valence-corrected chi connectivity index (χ1v) is 6.16. The lowest BCUT2D eigenvalue weighted by Gasteiger charge is -2.05. The van der Waals surface area contributed by atoms with Crippen LogP contribution in [0.4, 0.5) is 9.18 Å². The van der Waals surface area contributed by atoms with Gasteiger partial charge in [-0.3, -0.25) is 4.79 Å². The van der Waals surface area contributed by atoms with E-state index in [1.165, 1.54) is 6.07 Å². The Labute approximate surface area is 112 Å². The third-order valence-corrected chi connectivity index (χ3v) is 3.39. The molecule has 1 rings (SSSR count). The van der Waals surface area contributed by atoms with Crippen molar-refractivity contribution in [3.8, 4) is 0 Å². The maximum atomic E-state index is 13.4. The molecule has 2 N–H and O–H groups in total. The summed E-state index contributed by atoms with van der Waals surface area (Å²) in [7, 11) is 0. The summed E-state index contributed by atoms with van der Waals surface area (Å²) < 4.78 is 13.8. The fraction of sp³-hybridized carbons (Fsp3) is 0.333. The first-order chi connectivity index (χ1) is 8.41. The molecule has 0 aromatic heterocycles. The van der Waals surface area contributed by atoms with Crippen molar-refractivity contribution >= 4 is 27.8 Å². The van der Waals surface area contributed by atoms with Gasteiger partial charge >= 0.3 is 6.09 Å². The van der Waals surface area contributed by atoms with Crippen molar-refractivity contribution in [3.05, 3.63) is 33.5 Å². The van der Waals surface area contributed by atoms with Gasteiger partial charge in [0.1, 0.15) is 5.82 Å². The Bertz CT molecular complexity index is 453. The number of carbonyl (C=O) groups excluding carboxylic acids is 1. The summed E-state index contributed by atoms with van der Waals surface area (Å²) in [6, 6.07) is 2.80. The summed E-state index contributed by atoms with van der Waals surface area (Å²) >= 11 is 3.08. The fourth-order valence-electron chi connectivity index (χ4n) is 1.48. The molecule has 0 aliphatic heterocycles. The van der Waals surface area contributed by atoms with Gasteiger partial charge in [-0.25, -0.2) is 9.18 Å². The Morgan fingerprint density at radius 1 is 1.44 bits per heavy atom. The summed E-state index contributed by atoms with van der Waals surface area (Å²) in [4.78, 5) is 21.9. The normalized spacial score (nSPS) is 10.2. The van der Waals surface area contributed by atoms with Gasteiger partial charge in [-0.05, 0) is 47.0 Å². The Balaban J connectivity index is 2.59. The zero-order valence-corrected chi connectivity index (χ0v) is 11.4. The van der Waals surface area contributed by atoms with Crippen LogP contribution in [0.3, 0.4) is 0 Å². The Morgan fingerprint density at radius 2 is 2.11 bits per heavy atom. The largest absolute Gasteiger partial charge is 0.465 e. The Hall–Kier alpha value is -1.43. The summed E-state index contributed by atoms with van der Waals surface area (Å²) in [5, 5.41) is 10.5. The van der Waals surface area contributed by atoms with E-state index in [0.29, 0.717) is 22.0 Å². The minimum atomic E-state index is -1.12. The number of halogens is 2. The van der Waals surface area contributed by atoms with E-state index in [9.17, 15) is 14.0 Å². The van der Waals surface area contributed by atoms with Gasteiger partial charge in [0.2, 0.25) is 0 Å². The fourth-order valence-corrected chi connectivity index (χ4v) is 1.71. The third-order valence-electron chi connectivity index (χ3n) is 2.39. The van der Waals surface area contributed by atoms with Crippen LogP contribution in [0.2, 0.25) is 0 Å². The van der Waals surface area contributed by atoms with E-state index in [0.717, 1.165) is 0 Å². The molecule has 0 saturated heterocycles. The topological polar surface area (TPSA) is 66.4 Å². The number of nitrogens with one attached hydrogen (secondary N) is 1. The number of benzene rings is 1. The average Bonchev–Trinajstić information content (AvgIpc) is 2.30. The predicted octanol–water partition coefficient (Wildman–Crippen LogP) is 3.13. The van der Waals surface area contributed by atoms with E-state index in [4.69, 9.17) is 5.11 Å². The second-order valence-corrected chi connectivity index (χ2v) is 4.64. The van der Waals surface area contributed by atoms with E-state index in [-0.39, 0.29) is 18.7 Å². The molecule has 98 valence electrons. The van der Waals surface area contributed by atoms with E-state index in [2.05, 4.69) is 21.2 Å². The van der Waals surface area contributed by atoms with Gasteiger partial charge in [0, 0.05) is 18.5 Å². The highest BCUT2D eigenvalue weighted by Gasteiger charge is 2.11. The molecule has 0 spiro atoms. The molecule has 0 fully saturated rings. The Kier molecular flexibility index (Phi) is 5.27. The van der Waals surface area contributed by atoms with E-state index >= 15 is 0 Å².